The largest absolute Gasteiger partial charge is 0.488 e. The molecule has 35 heavy (non-hydrogen) atoms. The number of aromatic carboxylic acids is 1. The van der Waals surface area contributed by atoms with Crippen LogP contribution < -0.4 is 15.9 Å². The quantitative estimate of drug-likeness (QED) is 0.532. The lowest BCUT2D eigenvalue weighted by atomic mass is 9.88. The number of benzene rings is 1. The smallest absolute Gasteiger partial charge is 0.341 e. The molecule has 3 aliphatic rings. The third kappa shape index (κ3) is 3.33. The van der Waals surface area contributed by atoms with E-state index in [1.807, 2.05) is 22.8 Å². The Bertz CT molecular complexity index is 1400. The zero-order valence-corrected chi connectivity index (χ0v) is 19.4. The van der Waals surface area contributed by atoms with Crippen molar-refractivity contribution in [3.63, 3.8) is 0 Å². The van der Waals surface area contributed by atoms with Crippen molar-refractivity contribution >= 4 is 22.6 Å². The predicted octanol–water partition coefficient (Wildman–Crippen LogP) is 4.60. The van der Waals surface area contributed by atoms with Gasteiger partial charge in [0.05, 0.1) is 22.1 Å². The van der Waals surface area contributed by atoms with E-state index < -0.39 is 22.8 Å². The summed E-state index contributed by atoms with van der Waals surface area (Å²) >= 11 is 0. The van der Waals surface area contributed by atoms with E-state index in [2.05, 4.69) is 4.98 Å². The van der Waals surface area contributed by atoms with E-state index in [-0.39, 0.29) is 22.6 Å². The van der Waals surface area contributed by atoms with Crippen LogP contribution in [0.25, 0.3) is 10.9 Å². The second kappa shape index (κ2) is 8.07. The van der Waals surface area contributed by atoms with Crippen LogP contribution in [0.5, 0.6) is 5.75 Å². The molecule has 1 aromatic carbocycles. The molecular formula is C27H28FN3O4. The van der Waals surface area contributed by atoms with Gasteiger partial charge in [0.2, 0.25) is 5.43 Å². The number of carbonyl (C=O) groups is 1. The van der Waals surface area contributed by atoms with Gasteiger partial charge in [0.1, 0.15) is 17.9 Å². The van der Waals surface area contributed by atoms with E-state index in [4.69, 9.17) is 10.5 Å². The first-order valence-electron chi connectivity index (χ1n) is 12.4. The normalized spacial score (nSPS) is 22.5. The maximum atomic E-state index is 15.9. The number of anilines is 1. The van der Waals surface area contributed by atoms with E-state index in [1.54, 1.807) is 6.20 Å². The molecule has 2 saturated carbocycles. The number of hydrogen-bond donors (Lipinski definition) is 2. The molecule has 0 saturated heterocycles. The summed E-state index contributed by atoms with van der Waals surface area (Å²) in [7, 11) is 0. The van der Waals surface area contributed by atoms with E-state index in [1.165, 1.54) is 6.20 Å². The molecule has 0 bridgehead atoms. The summed E-state index contributed by atoms with van der Waals surface area (Å²) in [4.78, 5) is 29.5. The highest BCUT2D eigenvalue weighted by atomic mass is 19.1. The van der Waals surface area contributed by atoms with Gasteiger partial charge in [-0.05, 0) is 62.5 Å². The molecule has 3 heterocycles. The van der Waals surface area contributed by atoms with Crippen molar-refractivity contribution in [2.45, 2.75) is 62.8 Å². The Labute approximate surface area is 201 Å². The average Bonchev–Trinajstić information content (AvgIpc) is 3.50. The Kier molecular flexibility index (Phi) is 5.09. The van der Waals surface area contributed by atoms with Gasteiger partial charge in [-0.2, -0.15) is 0 Å². The molecular weight excluding hydrogens is 449 g/mol. The highest BCUT2D eigenvalue weighted by molar-refractivity contribution is 6.01. The molecule has 6 rings (SSSR count). The standard InChI is InChI=1S/C27H28FN3O4/c28-21-19(16-7-6-15(11-16)12-17-5-1-4-10-30-17)25-23-20(22(21)29)24(32)18(26(33)34)13-31(23)27(14-35-25)8-2-3-9-27/h1,4-5,10,13,15-16H,2-3,6-9,11-12,14,29H2,(H,33,34). The summed E-state index contributed by atoms with van der Waals surface area (Å²) in [5, 5.41) is 9.64. The second-order valence-electron chi connectivity index (χ2n) is 10.4. The van der Waals surface area contributed by atoms with Crippen molar-refractivity contribution in [2.75, 3.05) is 12.3 Å². The molecule has 2 aromatic heterocycles. The molecule has 3 N–H and O–H groups in total. The van der Waals surface area contributed by atoms with Crippen LogP contribution in [-0.4, -0.2) is 27.2 Å². The maximum absolute atomic E-state index is 15.9. The van der Waals surface area contributed by atoms with Crippen LogP contribution in [0.1, 0.15) is 72.5 Å². The third-order valence-corrected chi connectivity index (χ3v) is 8.34. The van der Waals surface area contributed by atoms with Gasteiger partial charge in [-0.3, -0.25) is 9.78 Å². The maximum Gasteiger partial charge on any atom is 0.341 e. The zero-order valence-electron chi connectivity index (χ0n) is 19.4. The Hall–Kier alpha value is -3.42. The molecule has 1 spiro atoms. The summed E-state index contributed by atoms with van der Waals surface area (Å²) in [5.41, 5.74) is 6.32. The van der Waals surface area contributed by atoms with Crippen LogP contribution >= 0.6 is 0 Å². The number of carboxylic acid groups (broad SMARTS) is 1. The minimum Gasteiger partial charge on any atom is -0.488 e. The SMILES string of the molecule is Nc1c(F)c(C2CCC(Cc3ccccn3)C2)c2c3c1c(=O)c(C(=O)O)cn3C1(CCCC1)CO2. The molecule has 8 heteroatoms. The highest BCUT2D eigenvalue weighted by Crippen LogP contribution is 2.51. The van der Waals surface area contributed by atoms with Crippen molar-refractivity contribution in [1.29, 1.82) is 0 Å². The molecule has 7 nitrogen and oxygen atoms in total. The lowest BCUT2D eigenvalue weighted by Gasteiger charge is -2.39. The Balaban J connectivity index is 1.51. The zero-order chi connectivity index (χ0) is 24.3. The van der Waals surface area contributed by atoms with Crippen molar-refractivity contribution in [1.82, 2.24) is 9.55 Å². The van der Waals surface area contributed by atoms with E-state index in [0.29, 0.717) is 29.4 Å². The summed E-state index contributed by atoms with van der Waals surface area (Å²) in [6, 6.07) is 5.87. The van der Waals surface area contributed by atoms with Gasteiger partial charge in [-0.1, -0.05) is 18.9 Å². The van der Waals surface area contributed by atoms with Crippen LogP contribution in [0.2, 0.25) is 0 Å². The molecule has 0 radical (unpaired) electrons. The lowest BCUT2D eigenvalue weighted by molar-refractivity contribution is 0.0692. The van der Waals surface area contributed by atoms with Crippen molar-refractivity contribution in [2.24, 2.45) is 5.92 Å². The van der Waals surface area contributed by atoms with Crippen LogP contribution in [0, 0.1) is 11.7 Å². The fraction of sp³-hybridized carbons (Fsp3) is 0.444. The van der Waals surface area contributed by atoms with Gasteiger partial charge < -0.3 is 20.1 Å². The first-order valence-corrected chi connectivity index (χ1v) is 12.4. The van der Waals surface area contributed by atoms with E-state index in [0.717, 1.165) is 57.1 Å². The predicted molar refractivity (Wildman–Crippen MR) is 129 cm³/mol. The first-order chi connectivity index (χ1) is 16.9. The van der Waals surface area contributed by atoms with Gasteiger partial charge in [0.15, 0.2) is 5.82 Å². The second-order valence-corrected chi connectivity index (χ2v) is 10.4. The van der Waals surface area contributed by atoms with Gasteiger partial charge in [-0.25, -0.2) is 9.18 Å². The fourth-order valence-corrected chi connectivity index (χ4v) is 6.64. The van der Waals surface area contributed by atoms with Crippen LogP contribution in [0.3, 0.4) is 0 Å². The Morgan fingerprint density at radius 1 is 1.29 bits per heavy atom. The van der Waals surface area contributed by atoms with Gasteiger partial charge >= 0.3 is 5.97 Å². The number of pyridine rings is 2. The molecule has 2 aliphatic carbocycles. The third-order valence-electron chi connectivity index (χ3n) is 8.34. The summed E-state index contributed by atoms with van der Waals surface area (Å²) < 4.78 is 24.1. The highest BCUT2D eigenvalue weighted by Gasteiger charge is 2.44. The first kappa shape index (κ1) is 22.1. The number of nitrogens with two attached hydrogens (primary N) is 1. The summed E-state index contributed by atoms with van der Waals surface area (Å²) in [5.74, 6) is -1.35. The molecule has 182 valence electrons. The number of nitrogen functional groups attached to an aromatic ring is 1. The molecule has 3 aromatic rings. The van der Waals surface area contributed by atoms with Crippen molar-refractivity contribution in [3.8, 4) is 5.75 Å². The Morgan fingerprint density at radius 2 is 2.09 bits per heavy atom. The van der Waals surface area contributed by atoms with Crippen molar-refractivity contribution < 1.29 is 19.0 Å². The van der Waals surface area contributed by atoms with Crippen LogP contribution in [-0.2, 0) is 12.0 Å². The number of aromatic nitrogens is 2. The van der Waals surface area contributed by atoms with Gasteiger partial charge in [0, 0.05) is 23.7 Å². The number of halogens is 1. The van der Waals surface area contributed by atoms with Crippen LogP contribution in [0.4, 0.5) is 10.1 Å². The number of ether oxygens (including phenoxy) is 1. The Morgan fingerprint density at radius 3 is 2.80 bits per heavy atom. The number of hydrogen-bond acceptors (Lipinski definition) is 5. The number of fused-ring (bicyclic) bond motifs is 1. The minimum atomic E-state index is -1.33. The molecule has 1 aliphatic heterocycles. The molecule has 2 fully saturated rings. The topological polar surface area (TPSA) is 107 Å². The number of rotatable bonds is 4. The van der Waals surface area contributed by atoms with Gasteiger partial charge in [0.25, 0.3) is 0 Å². The monoisotopic (exact) mass is 477 g/mol. The molecule has 0 amide bonds. The fourth-order valence-electron chi connectivity index (χ4n) is 6.64. The molecule has 2 atom stereocenters. The van der Waals surface area contributed by atoms with E-state index in [9.17, 15) is 14.7 Å². The average molecular weight is 478 g/mol. The minimum absolute atomic E-state index is 0.0739. The van der Waals surface area contributed by atoms with Gasteiger partial charge in [-0.15, -0.1) is 0 Å². The number of carboxylic acids is 1. The number of nitrogens with zero attached hydrogens (tertiary/aromatic N) is 2. The lowest BCUT2D eigenvalue weighted by Crippen LogP contribution is -2.42. The van der Waals surface area contributed by atoms with E-state index >= 15 is 4.39 Å². The molecule has 2 unspecified atom stereocenters. The summed E-state index contributed by atoms with van der Waals surface area (Å²) in [6.07, 6.45) is 10.1. The van der Waals surface area contributed by atoms with Crippen molar-refractivity contribution in [3.05, 3.63) is 63.5 Å². The summed E-state index contributed by atoms with van der Waals surface area (Å²) in [6.45, 7) is 0.331. The van der Waals surface area contributed by atoms with Crippen LogP contribution in [0.15, 0.2) is 35.4 Å².